The summed E-state index contributed by atoms with van der Waals surface area (Å²) in [4.78, 5) is 12.1. The highest BCUT2D eigenvalue weighted by molar-refractivity contribution is 5.94. The van der Waals surface area contributed by atoms with Crippen LogP contribution in [0.15, 0.2) is 48.5 Å². The minimum atomic E-state index is -0.683. The molecule has 0 radical (unpaired) electrons. The summed E-state index contributed by atoms with van der Waals surface area (Å²) in [7, 11) is 1.57. The highest BCUT2D eigenvalue weighted by Crippen LogP contribution is 2.20. The molecule has 0 aromatic heterocycles. The highest BCUT2D eigenvalue weighted by Gasteiger charge is 2.15. The van der Waals surface area contributed by atoms with Gasteiger partial charge in [-0.2, -0.15) is 5.26 Å². The Balaban J connectivity index is 2.01. The van der Waals surface area contributed by atoms with E-state index in [4.69, 9.17) is 14.7 Å². The maximum absolute atomic E-state index is 12.1. The van der Waals surface area contributed by atoms with E-state index >= 15 is 0 Å². The Labute approximate surface area is 129 Å². The summed E-state index contributed by atoms with van der Waals surface area (Å²) in [6.45, 7) is 1.66. The molecule has 5 heteroatoms. The van der Waals surface area contributed by atoms with E-state index < -0.39 is 6.10 Å². The first-order chi connectivity index (χ1) is 10.6. The Bertz CT molecular complexity index is 707. The molecule has 22 heavy (non-hydrogen) atoms. The first kappa shape index (κ1) is 15.4. The van der Waals surface area contributed by atoms with Gasteiger partial charge in [-0.3, -0.25) is 4.79 Å². The van der Waals surface area contributed by atoms with Gasteiger partial charge >= 0.3 is 0 Å². The number of nitriles is 1. The standard InChI is InChI=1S/C17H16N2O3/c1-12(22-16-8-4-7-15(10-16)21-2)17(20)19-14-6-3-5-13(9-14)11-18/h3-10,12H,1-2H3,(H,19,20)/t12-/m1/s1. The number of amides is 1. The molecule has 1 atom stereocenters. The van der Waals surface area contributed by atoms with Crippen molar-refractivity contribution < 1.29 is 14.3 Å². The molecule has 1 amide bonds. The molecule has 0 spiro atoms. The molecule has 2 aromatic carbocycles. The second kappa shape index (κ2) is 7.14. The predicted molar refractivity (Wildman–Crippen MR) is 82.9 cm³/mol. The summed E-state index contributed by atoms with van der Waals surface area (Å²) in [6.07, 6.45) is -0.683. The summed E-state index contributed by atoms with van der Waals surface area (Å²) >= 11 is 0. The van der Waals surface area contributed by atoms with Crippen molar-refractivity contribution in [3.8, 4) is 17.6 Å². The van der Waals surface area contributed by atoms with Gasteiger partial charge in [-0.15, -0.1) is 0 Å². The van der Waals surface area contributed by atoms with Crippen LogP contribution in [0.3, 0.4) is 0 Å². The van der Waals surface area contributed by atoms with Crippen LogP contribution in [0, 0.1) is 11.3 Å². The largest absolute Gasteiger partial charge is 0.497 e. The Kier molecular flexibility index (Phi) is 4.99. The molecule has 0 aliphatic carbocycles. The van der Waals surface area contributed by atoms with Crippen molar-refractivity contribution in [3.63, 3.8) is 0 Å². The summed E-state index contributed by atoms with van der Waals surface area (Å²) < 4.78 is 10.7. The number of nitrogens with one attached hydrogen (secondary N) is 1. The van der Waals surface area contributed by atoms with Gasteiger partial charge in [0.05, 0.1) is 18.7 Å². The minimum absolute atomic E-state index is 0.294. The van der Waals surface area contributed by atoms with E-state index in [9.17, 15) is 4.79 Å². The Morgan fingerprint density at radius 1 is 1.18 bits per heavy atom. The lowest BCUT2D eigenvalue weighted by molar-refractivity contribution is -0.122. The van der Waals surface area contributed by atoms with Crippen molar-refractivity contribution in [1.82, 2.24) is 0 Å². The van der Waals surface area contributed by atoms with Crippen LogP contribution in [-0.2, 0) is 4.79 Å². The van der Waals surface area contributed by atoms with E-state index in [1.165, 1.54) is 0 Å². The lowest BCUT2D eigenvalue weighted by Crippen LogP contribution is -2.30. The van der Waals surface area contributed by atoms with Gasteiger partial charge in [0.1, 0.15) is 11.5 Å². The molecule has 112 valence electrons. The molecule has 0 bridgehead atoms. The van der Waals surface area contributed by atoms with Gasteiger partial charge in [0.15, 0.2) is 6.10 Å². The molecular formula is C17H16N2O3. The number of hydrogen-bond donors (Lipinski definition) is 1. The van der Waals surface area contributed by atoms with Crippen LogP contribution >= 0.6 is 0 Å². The zero-order chi connectivity index (χ0) is 15.9. The van der Waals surface area contributed by atoms with Crippen LogP contribution in [0.2, 0.25) is 0 Å². The molecule has 5 nitrogen and oxygen atoms in total. The van der Waals surface area contributed by atoms with Crippen LogP contribution in [0.4, 0.5) is 5.69 Å². The number of hydrogen-bond acceptors (Lipinski definition) is 4. The van der Waals surface area contributed by atoms with E-state index in [1.54, 1.807) is 62.6 Å². The zero-order valence-corrected chi connectivity index (χ0v) is 12.4. The normalized spacial score (nSPS) is 11.1. The summed E-state index contributed by atoms with van der Waals surface area (Å²) in [6, 6.07) is 15.8. The molecule has 0 saturated carbocycles. The van der Waals surface area contributed by atoms with E-state index in [2.05, 4.69) is 5.32 Å². The van der Waals surface area contributed by atoms with Gasteiger partial charge in [-0.25, -0.2) is 0 Å². The molecule has 0 aliphatic rings. The number of carbonyl (C=O) groups is 1. The van der Waals surface area contributed by atoms with Crippen molar-refractivity contribution in [3.05, 3.63) is 54.1 Å². The smallest absolute Gasteiger partial charge is 0.265 e. The average Bonchev–Trinajstić information content (AvgIpc) is 2.55. The number of rotatable bonds is 5. The lowest BCUT2D eigenvalue weighted by atomic mass is 10.2. The molecule has 0 unspecified atom stereocenters. The fraction of sp³-hybridized carbons (Fsp3) is 0.176. The van der Waals surface area contributed by atoms with E-state index in [-0.39, 0.29) is 5.91 Å². The first-order valence-electron chi connectivity index (χ1n) is 6.74. The second-order valence-corrected chi connectivity index (χ2v) is 4.62. The Morgan fingerprint density at radius 2 is 1.91 bits per heavy atom. The van der Waals surface area contributed by atoms with E-state index in [0.717, 1.165) is 0 Å². The number of nitrogens with zero attached hydrogens (tertiary/aromatic N) is 1. The maximum Gasteiger partial charge on any atom is 0.265 e. The average molecular weight is 296 g/mol. The zero-order valence-electron chi connectivity index (χ0n) is 12.4. The second-order valence-electron chi connectivity index (χ2n) is 4.62. The molecular weight excluding hydrogens is 280 g/mol. The molecule has 0 saturated heterocycles. The number of carbonyl (C=O) groups excluding carboxylic acids is 1. The fourth-order valence-electron chi connectivity index (χ4n) is 1.84. The van der Waals surface area contributed by atoms with Crippen molar-refractivity contribution in [2.45, 2.75) is 13.0 Å². The lowest BCUT2D eigenvalue weighted by Gasteiger charge is -2.15. The van der Waals surface area contributed by atoms with E-state index in [1.807, 2.05) is 6.07 Å². The van der Waals surface area contributed by atoms with Crippen molar-refractivity contribution >= 4 is 11.6 Å². The number of benzene rings is 2. The topological polar surface area (TPSA) is 71.3 Å². The summed E-state index contributed by atoms with van der Waals surface area (Å²) in [5, 5.41) is 11.6. The number of ether oxygens (including phenoxy) is 2. The molecule has 1 N–H and O–H groups in total. The molecule has 0 fully saturated rings. The number of methoxy groups -OCH3 is 1. The Morgan fingerprint density at radius 3 is 2.64 bits per heavy atom. The molecule has 2 aromatic rings. The fourth-order valence-corrected chi connectivity index (χ4v) is 1.84. The predicted octanol–water partition coefficient (Wildman–Crippen LogP) is 2.97. The van der Waals surface area contributed by atoms with Crippen LogP contribution in [0.1, 0.15) is 12.5 Å². The molecule has 2 rings (SSSR count). The van der Waals surface area contributed by atoms with Gasteiger partial charge in [-0.05, 0) is 37.3 Å². The van der Waals surface area contributed by atoms with Crippen LogP contribution in [-0.4, -0.2) is 19.1 Å². The van der Waals surface area contributed by atoms with Crippen LogP contribution in [0.5, 0.6) is 11.5 Å². The third-order valence-electron chi connectivity index (χ3n) is 2.98. The van der Waals surface area contributed by atoms with E-state index in [0.29, 0.717) is 22.7 Å². The van der Waals surface area contributed by atoms with Gasteiger partial charge < -0.3 is 14.8 Å². The maximum atomic E-state index is 12.1. The van der Waals surface area contributed by atoms with Crippen molar-refractivity contribution in [1.29, 1.82) is 5.26 Å². The Hall–Kier alpha value is -3.00. The minimum Gasteiger partial charge on any atom is -0.497 e. The quantitative estimate of drug-likeness (QED) is 0.920. The SMILES string of the molecule is COc1cccc(O[C@H](C)C(=O)Nc2cccc(C#N)c2)c1. The van der Waals surface area contributed by atoms with Crippen molar-refractivity contribution in [2.24, 2.45) is 0 Å². The monoisotopic (exact) mass is 296 g/mol. The van der Waals surface area contributed by atoms with Crippen LogP contribution in [0.25, 0.3) is 0 Å². The number of anilines is 1. The van der Waals surface area contributed by atoms with Crippen LogP contribution < -0.4 is 14.8 Å². The van der Waals surface area contributed by atoms with Crippen molar-refractivity contribution in [2.75, 3.05) is 12.4 Å². The summed E-state index contributed by atoms with van der Waals surface area (Å²) in [5.74, 6) is 0.914. The third-order valence-corrected chi connectivity index (χ3v) is 2.98. The third kappa shape index (κ3) is 4.00. The van der Waals surface area contributed by atoms with Gasteiger partial charge in [0.2, 0.25) is 0 Å². The highest BCUT2D eigenvalue weighted by atomic mass is 16.5. The molecule has 0 aliphatic heterocycles. The van der Waals surface area contributed by atoms with Gasteiger partial charge in [0.25, 0.3) is 5.91 Å². The first-order valence-corrected chi connectivity index (χ1v) is 6.74. The summed E-state index contributed by atoms with van der Waals surface area (Å²) in [5.41, 5.74) is 1.05. The molecule has 0 heterocycles. The van der Waals surface area contributed by atoms with Gasteiger partial charge in [0, 0.05) is 11.8 Å². The van der Waals surface area contributed by atoms with Gasteiger partial charge in [-0.1, -0.05) is 12.1 Å².